The Balaban J connectivity index is 2.52. The number of nitrogens with zero attached hydrogens (tertiary/aromatic N) is 1. The number of hydrogen-bond donors (Lipinski definition) is 1. The van der Waals surface area contributed by atoms with Gasteiger partial charge in [0.25, 0.3) is 10.0 Å². The summed E-state index contributed by atoms with van der Waals surface area (Å²) >= 11 is 5.97. The van der Waals surface area contributed by atoms with Gasteiger partial charge in [0.1, 0.15) is 11.4 Å². The van der Waals surface area contributed by atoms with E-state index < -0.39 is 10.0 Å². The van der Waals surface area contributed by atoms with Crippen LogP contribution in [0.5, 0.6) is 5.75 Å². The Morgan fingerprint density at radius 1 is 1.29 bits per heavy atom. The van der Waals surface area contributed by atoms with Gasteiger partial charge in [-0.15, -0.1) is 0 Å². The van der Waals surface area contributed by atoms with Crippen molar-refractivity contribution < 1.29 is 17.7 Å². The lowest BCUT2D eigenvalue weighted by atomic mass is 10.2. The first-order chi connectivity index (χ1) is 9.76. The molecule has 1 aromatic heterocycles. The van der Waals surface area contributed by atoms with Gasteiger partial charge in [-0.05, 0) is 38.5 Å². The van der Waals surface area contributed by atoms with Gasteiger partial charge in [-0.1, -0.05) is 16.8 Å². The summed E-state index contributed by atoms with van der Waals surface area (Å²) < 4.78 is 37.6. The van der Waals surface area contributed by atoms with Crippen LogP contribution in [-0.4, -0.2) is 20.7 Å². The Labute approximate surface area is 128 Å². The second-order valence-electron chi connectivity index (χ2n) is 4.56. The minimum absolute atomic E-state index is 0.0159. The molecule has 0 fully saturated rings. The molecule has 0 saturated carbocycles. The zero-order chi connectivity index (χ0) is 15.8. The maximum Gasteiger partial charge on any atom is 0.267 e. The number of methoxy groups -OCH3 is 1. The lowest BCUT2D eigenvalue weighted by Crippen LogP contribution is -2.15. The van der Waals surface area contributed by atoms with Gasteiger partial charge < -0.3 is 9.26 Å². The first-order valence-corrected chi connectivity index (χ1v) is 7.92. The van der Waals surface area contributed by atoms with E-state index in [1.807, 2.05) is 0 Å². The van der Waals surface area contributed by atoms with Crippen molar-refractivity contribution in [3.8, 4) is 5.75 Å². The molecule has 0 aliphatic heterocycles. The molecule has 0 aliphatic rings. The fraction of sp³-hybridized carbons (Fsp3) is 0.308. The predicted octanol–water partition coefficient (Wildman–Crippen LogP) is 3.06. The topological polar surface area (TPSA) is 81.4 Å². The number of hydrogen-bond acceptors (Lipinski definition) is 5. The van der Waals surface area contributed by atoms with Crippen LogP contribution in [0, 0.1) is 20.8 Å². The monoisotopic (exact) mass is 330 g/mol. The summed E-state index contributed by atoms with van der Waals surface area (Å²) in [6, 6.07) is 3.18. The zero-order valence-corrected chi connectivity index (χ0v) is 13.6. The van der Waals surface area contributed by atoms with Crippen LogP contribution in [-0.2, 0) is 10.0 Å². The molecule has 0 amide bonds. The Morgan fingerprint density at radius 2 is 1.95 bits per heavy atom. The summed E-state index contributed by atoms with van der Waals surface area (Å²) in [4.78, 5) is 0.0159. The molecule has 0 aliphatic carbocycles. The van der Waals surface area contributed by atoms with Crippen LogP contribution in [0.25, 0.3) is 0 Å². The second kappa shape index (κ2) is 5.57. The SMILES string of the molecule is COc1c(C)cc(Cl)cc1NS(=O)(=O)c1c(C)noc1C. The van der Waals surface area contributed by atoms with Crippen molar-refractivity contribution in [3.63, 3.8) is 0 Å². The van der Waals surface area contributed by atoms with E-state index in [0.29, 0.717) is 10.8 Å². The van der Waals surface area contributed by atoms with Crippen molar-refractivity contribution in [1.29, 1.82) is 0 Å². The molecular weight excluding hydrogens is 316 g/mol. The molecule has 21 heavy (non-hydrogen) atoms. The van der Waals surface area contributed by atoms with Crippen LogP contribution in [0.4, 0.5) is 5.69 Å². The zero-order valence-electron chi connectivity index (χ0n) is 12.0. The third-order valence-corrected chi connectivity index (χ3v) is 4.75. The van der Waals surface area contributed by atoms with Crippen molar-refractivity contribution in [1.82, 2.24) is 5.16 Å². The lowest BCUT2D eigenvalue weighted by Gasteiger charge is -2.14. The molecule has 0 saturated heterocycles. The van der Waals surface area contributed by atoms with E-state index in [1.54, 1.807) is 19.9 Å². The fourth-order valence-electron chi connectivity index (χ4n) is 2.13. The van der Waals surface area contributed by atoms with E-state index >= 15 is 0 Å². The summed E-state index contributed by atoms with van der Waals surface area (Å²) in [6.07, 6.45) is 0. The van der Waals surface area contributed by atoms with Gasteiger partial charge in [0.2, 0.25) is 0 Å². The summed E-state index contributed by atoms with van der Waals surface area (Å²) in [5, 5.41) is 4.06. The summed E-state index contributed by atoms with van der Waals surface area (Å²) in [6.45, 7) is 4.87. The number of ether oxygens (including phenoxy) is 1. The molecule has 0 atom stereocenters. The molecule has 1 heterocycles. The average Bonchev–Trinajstić information content (AvgIpc) is 2.68. The predicted molar refractivity (Wildman–Crippen MR) is 79.5 cm³/mol. The van der Waals surface area contributed by atoms with Crippen molar-refractivity contribution in [3.05, 3.63) is 34.2 Å². The molecule has 114 valence electrons. The summed E-state index contributed by atoms with van der Waals surface area (Å²) in [5.74, 6) is 0.632. The fourth-order valence-corrected chi connectivity index (χ4v) is 3.79. The maximum atomic E-state index is 12.5. The molecule has 1 aromatic carbocycles. The molecule has 2 aromatic rings. The Bertz CT molecular complexity index is 764. The highest BCUT2D eigenvalue weighted by atomic mass is 35.5. The smallest absolute Gasteiger partial charge is 0.267 e. The number of rotatable bonds is 4. The van der Waals surface area contributed by atoms with E-state index in [1.165, 1.54) is 20.1 Å². The van der Waals surface area contributed by atoms with Crippen molar-refractivity contribution in [2.75, 3.05) is 11.8 Å². The number of aryl methyl sites for hydroxylation is 3. The molecule has 1 N–H and O–H groups in total. The minimum atomic E-state index is -3.84. The van der Waals surface area contributed by atoms with Crippen LogP contribution in [0.15, 0.2) is 21.6 Å². The van der Waals surface area contributed by atoms with Crippen LogP contribution >= 0.6 is 11.6 Å². The van der Waals surface area contributed by atoms with Crippen molar-refractivity contribution >= 4 is 27.3 Å². The third-order valence-electron chi connectivity index (χ3n) is 2.92. The number of nitrogens with one attached hydrogen (secondary N) is 1. The van der Waals surface area contributed by atoms with Gasteiger partial charge in [0, 0.05) is 5.02 Å². The molecule has 0 unspecified atom stereocenters. The Morgan fingerprint density at radius 3 is 2.48 bits per heavy atom. The Hall–Kier alpha value is -1.73. The lowest BCUT2D eigenvalue weighted by molar-refractivity contribution is 0.390. The Kier molecular flexibility index (Phi) is 4.15. The summed E-state index contributed by atoms with van der Waals surface area (Å²) in [7, 11) is -2.38. The van der Waals surface area contributed by atoms with Gasteiger partial charge in [-0.25, -0.2) is 8.42 Å². The number of halogens is 1. The van der Waals surface area contributed by atoms with E-state index in [2.05, 4.69) is 9.88 Å². The van der Waals surface area contributed by atoms with Gasteiger partial charge in [0.15, 0.2) is 10.7 Å². The first-order valence-electron chi connectivity index (χ1n) is 6.06. The van der Waals surface area contributed by atoms with Gasteiger partial charge in [-0.3, -0.25) is 4.72 Å². The quantitative estimate of drug-likeness (QED) is 0.931. The second-order valence-corrected chi connectivity index (χ2v) is 6.62. The molecule has 2 rings (SSSR count). The normalized spacial score (nSPS) is 11.5. The van der Waals surface area contributed by atoms with Gasteiger partial charge in [-0.2, -0.15) is 0 Å². The standard InChI is InChI=1S/C13H15ClN2O4S/c1-7-5-10(14)6-11(12(7)19-4)16-21(17,18)13-8(2)15-20-9(13)3/h5-6,16H,1-4H3. The van der Waals surface area contributed by atoms with Crippen LogP contribution in [0.1, 0.15) is 17.0 Å². The average molecular weight is 331 g/mol. The van der Waals surface area contributed by atoms with E-state index in [9.17, 15) is 8.42 Å². The van der Waals surface area contributed by atoms with E-state index in [0.717, 1.165) is 5.56 Å². The van der Waals surface area contributed by atoms with Crippen LogP contribution in [0.3, 0.4) is 0 Å². The van der Waals surface area contributed by atoms with Crippen molar-refractivity contribution in [2.24, 2.45) is 0 Å². The summed E-state index contributed by atoms with van der Waals surface area (Å²) in [5.41, 5.74) is 1.28. The molecule has 8 heteroatoms. The molecule has 0 spiro atoms. The number of aromatic nitrogens is 1. The van der Waals surface area contributed by atoms with E-state index in [4.69, 9.17) is 20.9 Å². The third kappa shape index (κ3) is 2.98. The minimum Gasteiger partial charge on any atom is -0.494 e. The number of benzene rings is 1. The van der Waals surface area contributed by atoms with Crippen molar-refractivity contribution in [2.45, 2.75) is 25.7 Å². The highest BCUT2D eigenvalue weighted by molar-refractivity contribution is 7.92. The van der Waals surface area contributed by atoms with Gasteiger partial charge >= 0.3 is 0 Å². The molecular formula is C13H15ClN2O4S. The molecule has 0 radical (unpaired) electrons. The van der Waals surface area contributed by atoms with Crippen LogP contribution in [0.2, 0.25) is 5.02 Å². The number of sulfonamides is 1. The molecule has 0 bridgehead atoms. The molecule has 6 nitrogen and oxygen atoms in total. The highest BCUT2D eigenvalue weighted by Crippen LogP contribution is 2.34. The largest absolute Gasteiger partial charge is 0.494 e. The highest BCUT2D eigenvalue weighted by Gasteiger charge is 2.25. The van der Waals surface area contributed by atoms with Gasteiger partial charge in [0.05, 0.1) is 12.8 Å². The maximum absolute atomic E-state index is 12.5. The first kappa shape index (κ1) is 15.7. The van der Waals surface area contributed by atoms with Crippen LogP contribution < -0.4 is 9.46 Å². The number of anilines is 1. The van der Waals surface area contributed by atoms with E-state index in [-0.39, 0.29) is 22.0 Å².